The molecule has 9 heteroatoms. The smallest absolute Gasteiger partial charge is 0.328 e. The van der Waals surface area contributed by atoms with Crippen molar-refractivity contribution in [3.05, 3.63) is 76.3 Å². The van der Waals surface area contributed by atoms with Crippen LogP contribution in [0, 0.1) is 0 Å². The van der Waals surface area contributed by atoms with Crippen LogP contribution in [-0.4, -0.2) is 48.0 Å². The third kappa shape index (κ3) is 7.68. The molecule has 0 amide bonds. The highest BCUT2D eigenvalue weighted by Gasteiger charge is 2.28. The van der Waals surface area contributed by atoms with Crippen molar-refractivity contribution in [3.8, 4) is 5.75 Å². The number of halogens is 2. The molecule has 0 aliphatic carbocycles. The maximum absolute atomic E-state index is 9.55. The number of morpholine rings is 1. The first-order valence-electron chi connectivity index (χ1n) is 9.00. The fraction of sp³-hybridized carbons (Fsp3) is 0.238. The van der Waals surface area contributed by atoms with Crippen molar-refractivity contribution >= 4 is 35.1 Å². The van der Waals surface area contributed by atoms with Crippen LogP contribution in [0.4, 0.5) is 0 Å². The van der Waals surface area contributed by atoms with Gasteiger partial charge in [-0.05, 0) is 17.7 Å². The van der Waals surface area contributed by atoms with Crippen molar-refractivity contribution in [2.75, 3.05) is 19.7 Å². The molecular weight excluding hydrogens is 433 g/mol. The zero-order valence-electron chi connectivity index (χ0n) is 15.8. The van der Waals surface area contributed by atoms with E-state index in [1.165, 1.54) is 0 Å². The summed E-state index contributed by atoms with van der Waals surface area (Å²) in [6, 6.07) is 15.4. The minimum atomic E-state index is -1.26. The quantitative estimate of drug-likeness (QED) is 0.570. The summed E-state index contributed by atoms with van der Waals surface area (Å²) in [5, 5.41) is 19.9. The van der Waals surface area contributed by atoms with E-state index in [2.05, 4.69) is 5.32 Å². The number of hydrogen-bond donors (Lipinski definition) is 3. The Bertz CT molecular complexity index is 853. The Morgan fingerprint density at radius 2 is 1.73 bits per heavy atom. The second kappa shape index (κ2) is 12.2. The number of carbonyl (C=O) groups is 2. The first-order chi connectivity index (χ1) is 14.4. The molecule has 160 valence electrons. The second-order valence-corrected chi connectivity index (χ2v) is 6.91. The molecule has 30 heavy (non-hydrogen) atoms. The number of ether oxygens (including phenoxy) is 2. The van der Waals surface area contributed by atoms with Crippen molar-refractivity contribution in [1.82, 2.24) is 5.32 Å². The van der Waals surface area contributed by atoms with Gasteiger partial charge in [-0.15, -0.1) is 0 Å². The van der Waals surface area contributed by atoms with Crippen molar-refractivity contribution < 1.29 is 29.3 Å². The summed E-state index contributed by atoms with van der Waals surface area (Å²) < 4.78 is 12.0. The Labute approximate surface area is 183 Å². The van der Waals surface area contributed by atoms with Gasteiger partial charge in [0.1, 0.15) is 16.9 Å². The Morgan fingerprint density at radius 1 is 1.07 bits per heavy atom. The van der Waals surface area contributed by atoms with Gasteiger partial charge in [0.2, 0.25) is 0 Å². The Morgan fingerprint density at radius 3 is 2.30 bits per heavy atom. The van der Waals surface area contributed by atoms with Gasteiger partial charge in [0, 0.05) is 25.2 Å². The predicted molar refractivity (Wildman–Crippen MR) is 113 cm³/mol. The fourth-order valence-electron chi connectivity index (χ4n) is 2.64. The molecule has 1 heterocycles. The van der Waals surface area contributed by atoms with Crippen LogP contribution in [-0.2, 0) is 14.3 Å². The average molecular weight is 454 g/mol. The van der Waals surface area contributed by atoms with Crippen LogP contribution in [0.2, 0.25) is 10.0 Å². The minimum Gasteiger partial charge on any atom is -0.481 e. The van der Waals surface area contributed by atoms with Gasteiger partial charge in [-0.2, -0.15) is 0 Å². The number of aliphatic carboxylic acids is 2. The van der Waals surface area contributed by atoms with Crippen LogP contribution >= 0.6 is 23.2 Å². The van der Waals surface area contributed by atoms with Crippen LogP contribution in [0.5, 0.6) is 5.75 Å². The first-order valence-corrected chi connectivity index (χ1v) is 9.76. The monoisotopic (exact) mass is 453 g/mol. The molecule has 0 aromatic heterocycles. The number of rotatable bonds is 6. The van der Waals surface area contributed by atoms with Gasteiger partial charge in [-0.1, -0.05) is 59.6 Å². The molecule has 0 saturated carbocycles. The molecule has 1 saturated heterocycles. The van der Waals surface area contributed by atoms with Crippen LogP contribution in [0.3, 0.4) is 0 Å². The van der Waals surface area contributed by atoms with Crippen LogP contribution in [0.15, 0.2) is 60.7 Å². The number of benzene rings is 2. The highest BCUT2D eigenvalue weighted by molar-refractivity contribution is 6.42. The lowest BCUT2D eigenvalue weighted by Crippen LogP contribution is -2.43. The summed E-state index contributed by atoms with van der Waals surface area (Å²) in [7, 11) is 0. The zero-order valence-corrected chi connectivity index (χ0v) is 17.3. The van der Waals surface area contributed by atoms with Crippen molar-refractivity contribution in [1.29, 1.82) is 0 Å². The van der Waals surface area contributed by atoms with E-state index in [0.29, 0.717) is 34.6 Å². The Balaban J connectivity index is 0.000000343. The first kappa shape index (κ1) is 23.7. The molecule has 3 N–H and O–H groups in total. The van der Waals surface area contributed by atoms with Crippen LogP contribution in [0.1, 0.15) is 11.7 Å². The molecule has 3 rings (SSSR count). The third-order valence-corrected chi connectivity index (χ3v) is 4.76. The van der Waals surface area contributed by atoms with Crippen molar-refractivity contribution in [3.63, 3.8) is 0 Å². The van der Waals surface area contributed by atoms with Crippen molar-refractivity contribution in [2.45, 2.75) is 12.2 Å². The molecule has 0 bridgehead atoms. The highest BCUT2D eigenvalue weighted by atomic mass is 35.5. The second-order valence-electron chi connectivity index (χ2n) is 6.12. The highest BCUT2D eigenvalue weighted by Crippen LogP contribution is 2.36. The van der Waals surface area contributed by atoms with Gasteiger partial charge >= 0.3 is 11.9 Å². The average Bonchev–Trinajstić information content (AvgIpc) is 2.75. The summed E-state index contributed by atoms with van der Waals surface area (Å²) >= 11 is 12.3. The Kier molecular flexibility index (Phi) is 9.63. The standard InChI is InChI=1S/C17H17Cl2NO2.C4H4O4/c18-13-7-4-8-14(16(13)19)22-17(12-5-2-1-3-6-12)15-11-20-9-10-21-15;5-3(6)1-2-4(7)8/h1-8,15,17,20H,9-11H2;1-2H,(H,5,6)(H,7,8)/t15-,17-;/m0./s1. The van der Waals surface area contributed by atoms with Crippen LogP contribution in [0.25, 0.3) is 0 Å². The van der Waals surface area contributed by atoms with Crippen LogP contribution < -0.4 is 10.1 Å². The van der Waals surface area contributed by atoms with Gasteiger partial charge in [-0.3, -0.25) is 0 Å². The molecule has 2 aromatic rings. The summed E-state index contributed by atoms with van der Waals surface area (Å²) in [6.45, 7) is 2.26. The molecule has 1 fully saturated rings. The van der Waals surface area contributed by atoms with Gasteiger partial charge in [0.25, 0.3) is 0 Å². The minimum absolute atomic E-state index is 0.0776. The molecule has 2 aromatic carbocycles. The summed E-state index contributed by atoms with van der Waals surface area (Å²) in [5.74, 6) is -1.95. The van der Waals surface area contributed by atoms with E-state index in [1.54, 1.807) is 6.07 Å². The number of carboxylic acid groups (broad SMARTS) is 2. The molecule has 2 atom stereocenters. The van der Waals surface area contributed by atoms with Gasteiger partial charge in [-0.25, -0.2) is 9.59 Å². The third-order valence-electron chi connectivity index (χ3n) is 3.96. The van der Waals surface area contributed by atoms with E-state index in [1.807, 2.05) is 42.5 Å². The number of nitrogens with one attached hydrogen (secondary N) is 1. The topological polar surface area (TPSA) is 105 Å². The number of hydrogen-bond acceptors (Lipinski definition) is 5. The normalized spacial score (nSPS) is 16.9. The summed E-state index contributed by atoms with van der Waals surface area (Å²) in [6.07, 6.45) is 0.793. The molecule has 7 nitrogen and oxygen atoms in total. The lowest BCUT2D eigenvalue weighted by molar-refractivity contribution is -0.134. The van der Waals surface area contributed by atoms with E-state index in [-0.39, 0.29) is 12.2 Å². The fourth-order valence-corrected chi connectivity index (χ4v) is 2.97. The van der Waals surface area contributed by atoms with Gasteiger partial charge in [0.05, 0.1) is 11.6 Å². The SMILES string of the molecule is Clc1cccc(O[C@@H](c2ccccc2)[C@@H]2CNCCO2)c1Cl.O=C(O)C=CC(=O)O. The molecule has 0 radical (unpaired) electrons. The Hall–Kier alpha value is -2.58. The summed E-state index contributed by atoms with van der Waals surface area (Å²) in [5.41, 5.74) is 1.05. The van der Waals surface area contributed by atoms with E-state index < -0.39 is 11.9 Å². The molecule has 0 unspecified atom stereocenters. The van der Waals surface area contributed by atoms with Crippen molar-refractivity contribution in [2.24, 2.45) is 0 Å². The van der Waals surface area contributed by atoms with E-state index >= 15 is 0 Å². The number of carboxylic acids is 2. The zero-order chi connectivity index (χ0) is 21.9. The van der Waals surface area contributed by atoms with E-state index in [4.69, 9.17) is 42.9 Å². The maximum atomic E-state index is 9.55. The lowest BCUT2D eigenvalue weighted by Gasteiger charge is -2.32. The largest absolute Gasteiger partial charge is 0.481 e. The lowest BCUT2D eigenvalue weighted by atomic mass is 10.0. The molecule has 0 spiro atoms. The predicted octanol–water partition coefficient (Wildman–Crippen LogP) is 3.81. The van der Waals surface area contributed by atoms with Gasteiger partial charge in [0.15, 0.2) is 6.10 Å². The van der Waals surface area contributed by atoms with E-state index in [0.717, 1.165) is 18.7 Å². The molecule has 1 aliphatic heterocycles. The molecule has 1 aliphatic rings. The maximum Gasteiger partial charge on any atom is 0.328 e. The molecular formula is C21H21Cl2NO6. The van der Waals surface area contributed by atoms with E-state index in [9.17, 15) is 9.59 Å². The summed E-state index contributed by atoms with van der Waals surface area (Å²) in [4.78, 5) is 19.1. The van der Waals surface area contributed by atoms with Gasteiger partial charge < -0.3 is 25.0 Å².